The molecule has 2 aromatic rings. The maximum atomic E-state index is 12.2. The molecule has 130 valence electrons. The molecule has 6 heteroatoms. The van der Waals surface area contributed by atoms with Crippen molar-refractivity contribution in [3.63, 3.8) is 0 Å². The molecular weight excluding hydrogens is 336 g/mol. The SMILES string of the molecule is Cc1ccc(N2CCCS2(=O)=O)cc1NC(=O)/C=C/c1ccccc1. The van der Waals surface area contributed by atoms with Crippen LogP contribution in [0.25, 0.3) is 6.08 Å². The Morgan fingerprint density at radius 2 is 1.92 bits per heavy atom. The second-order valence-corrected chi connectivity index (χ2v) is 7.99. The van der Waals surface area contributed by atoms with Crippen LogP contribution in [0, 0.1) is 6.92 Å². The fourth-order valence-electron chi connectivity index (χ4n) is 2.74. The van der Waals surface area contributed by atoms with Gasteiger partial charge in [-0.2, -0.15) is 0 Å². The molecule has 1 heterocycles. The fourth-order valence-corrected chi connectivity index (χ4v) is 4.30. The minimum atomic E-state index is -3.24. The molecule has 0 saturated carbocycles. The molecule has 25 heavy (non-hydrogen) atoms. The Kier molecular flexibility index (Phi) is 4.90. The van der Waals surface area contributed by atoms with Crippen LogP contribution in [0.15, 0.2) is 54.6 Å². The van der Waals surface area contributed by atoms with E-state index in [1.165, 1.54) is 10.4 Å². The standard InChI is InChI=1S/C19H20N2O3S/c1-15-8-10-17(21-12-5-13-25(21,23)24)14-18(15)20-19(22)11-9-16-6-3-2-4-7-16/h2-4,6-11,14H,5,12-13H2,1H3,(H,20,22)/b11-9+. The van der Waals surface area contributed by atoms with Gasteiger partial charge in [0.1, 0.15) is 0 Å². The van der Waals surface area contributed by atoms with E-state index in [2.05, 4.69) is 5.32 Å². The highest BCUT2D eigenvalue weighted by Crippen LogP contribution is 2.28. The zero-order valence-electron chi connectivity index (χ0n) is 14.0. The molecule has 5 nitrogen and oxygen atoms in total. The first kappa shape index (κ1) is 17.2. The second kappa shape index (κ2) is 7.11. The van der Waals surface area contributed by atoms with Crippen molar-refractivity contribution in [2.75, 3.05) is 21.9 Å². The van der Waals surface area contributed by atoms with Crippen LogP contribution in [0.4, 0.5) is 11.4 Å². The zero-order chi connectivity index (χ0) is 17.9. The number of carbonyl (C=O) groups is 1. The molecule has 0 aromatic heterocycles. The third kappa shape index (κ3) is 4.09. The van der Waals surface area contributed by atoms with Crippen LogP contribution < -0.4 is 9.62 Å². The molecule has 1 N–H and O–H groups in total. The minimum Gasteiger partial charge on any atom is -0.322 e. The quantitative estimate of drug-likeness (QED) is 0.856. The number of nitrogens with zero attached hydrogens (tertiary/aromatic N) is 1. The highest BCUT2D eigenvalue weighted by molar-refractivity contribution is 7.93. The number of rotatable bonds is 4. The molecule has 0 bridgehead atoms. The second-order valence-electron chi connectivity index (χ2n) is 5.97. The zero-order valence-corrected chi connectivity index (χ0v) is 14.8. The Hall–Kier alpha value is -2.60. The predicted octanol–water partition coefficient (Wildman–Crippen LogP) is 3.19. The number of carbonyl (C=O) groups excluding carboxylic acids is 1. The number of benzene rings is 2. The van der Waals surface area contributed by atoms with Crippen LogP contribution in [-0.2, 0) is 14.8 Å². The van der Waals surface area contributed by atoms with Crippen LogP contribution in [0.5, 0.6) is 0 Å². The number of hydrogen-bond donors (Lipinski definition) is 1. The maximum absolute atomic E-state index is 12.2. The molecule has 3 rings (SSSR count). The summed E-state index contributed by atoms with van der Waals surface area (Å²) in [6.45, 7) is 2.35. The highest BCUT2D eigenvalue weighted by Gasteiger charge is 2.28. The molecule has 2 aromatic carbocycles. The van der Waals surface area contributed by atoms with E-state index >= 15 is 0 Å². The third-order valence-electron chi connectivity index (χ3n) is 4.09. The summed E-state index contributed by atoms with van der Waals surface area (Å²) >= 11 is 0. The van der Waals surface area contributed by atoms with E-state index in [4.69, 9.17) is 0 Å². The van der Waals surface area contributed by atoms with Crippen molar-refractivity contribution in [2.24, 2.45) is 0 Å². The van der Waals surface area contributed by atoms with E-state index in [1.807, 2.05) is 43.3 Å². The van der Waals surface area contributed by atoms with Crippen molar-refractivity contribution in [1.82, 2.24) is 0 Å². The van der Waals surface area contributed by atoms with Gasteiger partial charge < -0.3 is 5.32 Å². The van der Waals surface area contributed by atoms with Gasteiger partial charge in [-0.3, -0.25) is 9.10 Å². The highest BCUT2D eigenvalue weighted by atomic mass is 32.2. The first-order chi connectivity index (χ1) is 12.0. The lowest BCUT2D eigenvalue weighted by atomic mass is 10.1. The monoisotopic (exact) mass is 356 g/mol. The summed E-state index contributed by atoms with van der Waals surface area (Å²) in [5.74, 6) is -0.0871. The fraction of sp³-hybridized carbons (Fsp3) is 0.211. The van der Waals surface area contributed by atoms with E-state index in [1.54, 1.807) is 18.2 Å². The van der Waals surface area contributed by atoms with Gasteiger partial charge in [0.25, 0.3) is 0 Å². The van der Waals surface area contributed by atoms with Crippen LogP contribution in [0.1, 0.15) is 17.5 Å². The average Bonchev–Trinajstić information content (AvgIpc) is 2.95. The summed E-state index contributed by atoms with van der Waals surface area (Å²) < 4.78 is 25.5. The van der Waals surface area contributed by atoms with Crippen LogP contribution in [-0.4, -0.2) is 26.6 Å². The topological polar surface area (TPSA) is 66.5 Å². The summed E-state index contributed by atoms with van der Waals surface area (Å²) in [6.07, 6.45) is 3.82. The molecule has 0 atom stereocenters. The number of hydrogen-bond acceptors (Lipinski definition) is 3. The van der Waals surface area contributed by atoms with Gasteiger partial charge in [-0.05, 0) is 42.7 Å². The molecule has 0 spiro atoms. The third-order valence-corrected chi connectivity index (χ3v) is 5.96. The summed E-state index contributed by atoms with van der Waals surface area (Å²) in [4.78, 5) is 12.2. The van der Waals surface area contributed by atoms with Gasteiger partial charge in [0, 0.05) is 18.3 Å². The number of aryl methyl sites for hydroxylation is 1. The van der Waals surface area contributed by atoms with Gasteiger partial charge in [-0.25, -0.2) is 8.42 Å². The molecule has 0 aliphatic carbocycles. The van der Waals surface area contributed by atoms with Crippen molar-refractivity contribution in [3.05, 3.63) is 65.7 Å². The largest absolute Gasteiger partial charge is 0.322 e. The summed E-state index contributed by atoms with van der Waals surface area (Å²) in [5.41, 5.74) is 3.01. The summed E-state index contributed by atoms with van der Waals surface area (Å²) in [5, 5.41) is 2.82. The maximum Gasteiger partial charge on any atom is 0.248 e. The molecule has 1 aliphatic rings. The molecule has 1 amide bonds. The Morgan fingerprint density at radius 1 is 1.16 bits per heavy atom. The normalized spacial score (nSPS) is 16.3. The molecule has 1 aliphatic heterocycles. The summed E-state index contributed by atoms with van der Waals surface area (Å²) in [6, 6.07) is 14.9. The van der Waals surface area contributed by atoms with Gasteiger partial charge in [0.2, 0.25) is 15.9 Å². The Balaban J connectivity index is 1.77. The molecule has 1 fully saturated rings. The Bertz CT molecular complexity index is 906. The van der Waals surface area contributed by atoms with Gasteiger partial charge >= 0.3 is 0 Å². The van der Waals surface area contributed by atoms with E-state index in [0.29, 0.717) is 24.3 Å². The number of amides is 1. The lowest BCUT2D eigenvalue weighted by Gasteiger charge is -2.18. The van der Waals surface area contributed by atoms with Crippen molar-refractivity contribution in [1.29, 1.82) is 0 Å². The van der Waals surface area contributed by atoms with E-state index in [9.17, 15) is 13.2 Å². The minimum absolute atomic E-state index is 0.169. The molecule has 0 radical (unpaired) electrons. The average molecular weight is 356 g/mol. The first-order valence-corrected chi connectivity index (χ1v) is 9.72. The van der Waals surface area contributed by atoms with Gasteiger partial charge in [-0.1, -0.05) is 36.4 Å². The van der Waals surface area contributed by atoms with E-state index in [0.717, 1.165) is 11.1 Å². The van der Waals surface area contributed by atoms with Crippen LogP contribution in [0.2, 0.25) is 0 Å². The Morgan fingerprint density at radius 3 is 2.60 bits per heavy atom. The van der Waals surface area contributed by atoms with Gasteiger partial charge in [-0.15, -0.1) is 0 Å². The predicted molar refractivity (Wildman–Crippen MR) is 101 cm³/mol. The summed E-state index contributed by atoms with van der Waals surface area (Å²) in [7, 11) is -3.24. The number of anilines is 2. The molecule has 1 saturated heterocycles. The van der Waals surface area contributed by atoms with Gasteiger partial charge in [0.05, 0.1) is 11.4 Å². The van der Waals surface area contributed by atoms with Gasteiger partial charge in [0.15, 0.2) is 0 Å². The van der Waals surface area contributed by atoms with Crippen LogP contribution in [0.3, 0.4) is 0 Å². The van der Waals surface area contributed by atoms with Crippen molar-refractivity contribution >= 4 is 33.4 Å². The van der Waals surface area contributed by atoms with Crippen molar-refractivity contribution in [2.45, 2.75) is 13.3 Å². The first-order valence-electron chi connectivity index (χ1n) is 8.11. The smallest absolute Gasteiger partial charge is 0.248 e. The molecular formula is C19H20N2O3S. The number of sulfonamides is 1. The lowest BCUT2D eigenvalue weighted by Crippen LogP contribution is -2.25. The van der Waals surface area contributed by atoms with E-state index in [-0.39, 0.29) is 11.7 Å². The lowest BCUT2D eigenvalue weighted by molar-refractivity contribution is -0.111. The van der Waals surface area contributed by atoms with E-state index < -0.39 is 10.0 Å². The Labute approximate surface area is 148 Å². The molecule has 0 unspecified atom stereocenters. The van der Waals surface area contributed by atoms with Crippen molar-refractivity contribution < 1.29 is 13.2 Å². The van der Waals surface area contributed by atoms with Crippen LogP contribution >= 0.6 is 0 Å². The number of nitrogens with one attached hydrogen (secondary N) is 1. The van der Waals surface area contributed by atoms with Crippen molar-refractivity contribution in [3.8, 4) is 0 Å².